The first kappa shape index (κ1) is 15.8. The molecular weight excluding hydrogens is 328 g/mol. The Morgan fingerprint density at radius 1 is 1.12 bits per heavy atom. The SMILES string of the molecule is OCc1ccccc1-c1cnc2oc(N3CCN4CCC3CC4)nc2c1. The van der Waals surface area contributed by atoms with Gasteiger partial charge in [-0.2, -0.15) is 4.98 Å². The lowest BCUT2D eigenvalue weighted by Crippen LogP contribution is -2.38. The van der Waals surface area contributed by atoms with E-state index in [1.165, 1.54) is 25.9 Å². The van der Waals surface area contributed by atoms with Crippen LogP contribution >= 0.6 is 0 Å². The molecule has 2 bridgehead atoms. The van der Waals surface area contributed by atoms with E-state index in [0.717, 1.165) is 35.3 Å². The molecule has 0 unspecified atom stereocenters. The van der Waals surface area contributed by atoms with Crippen LogP contribution in [0.15, 0.2) is 40.9 Å². The van der Waals surface area contributed by atoms with E-state index in [1.807, 2.05) is 30.3 Å². The fourth-order valence-electron chi connectivity index (χ4n) is 4.16. The first-order chi connectivity index (χ1) is 12.8. The molecule has 3 fully saturated rings. The summed E-state index contributed by atoms with van der Waals surface area (Å²) in [6, 6.07) is 11.0. The Balaban J connectivity index is 1.52. The Bertz CT molecular complexity index is 930. The minimum atomic E-state index is 0.00420. The molecule has 3 saturated heterocycles. The smallest absolute Gasteiger partial charge is 0.300 e. The second-order valence-corrected chi connectivity index (χ2v) is 7.13. The number of fused-ring (bicyclic) bond motifs is 5. The van der Waals surface area contributed by atoms with Crippen LogP contribution in [0.25, 0.3) is 22.4 Å². The average molecular weight is 350 g/mol. The van der Waals surface area contributed by atoms with Gasteiger partial charge >= 0.3 is 0 Å². The third-order valence-corrected chi connectivity index (χ3v) is 5.64. The largest absolute Gasteiger partial charge is 0.404 e. The van der Waals surface area contributed by atoms with Crippen molar-refractivity contribution >= 4 is 17.2 Å². The van der Waals surface area contributed by atoms with Crippen LogP contribution in [0.1, 0.15) is 18.4 Å². The van der Waals surface area contributed by atoms with E-state index in [0.29, 0.717) is 17.8 Å². The first-order valence-corrected chi connectivity index (χ1v) is 9.26. The summed E-state index contributed by atoms with van der Waals surface area (Å²) in [6.07, 6.45) is 4.13. The van der Waals surface area contributed by atoms with Crippen LogP contribution in [0.5, 0.6) is 0 Å². The number of piperidine rings is 1. The third kappa shape index (κ3) is 2.66. The van der Waals surface area contributed by atoms with Crippen molar-refractivity contribution < 1.29 is 9.52 Å². The van der Waals surface area contributed by atoms with Gasteiger partial charge in [0.1, 0.15) is 5.52 Å². The highest BCUT2D eigenvalue weighted by Crippen LogP contribution is 2.31. The fourth-order valence-corrected chi connectivity index (χ4v) is 4.16. The van der Waals surface area contributed by atoms with Crippen molar-refractivity contribution in [3.05, 3.63) is 42.1 Å². The number of hydrogen-bond donors (Lipinski definition) is 1. The molecule has 3 aliphatic rings. The highest BCUT2D eigenvalue weighted by atomic mass is 16.4. The lowest BCUT2D eigenvalue weighted by Gasteiger charge is -2.30. The maximum atomic E-state index is 9.59. The Kier molecular flexibility index (Phi) is 3.87. The summed E-state index contributed by atoms with van der Waals surface area (Å²) in [5.41, 5.74) is 4.16. The van der Waals surface area contributed by atoms with Crippen molar-refractivity contribution in [2.24, 2.45) is 0 Å². The van der Waals surface area contributed by atoms with Gasteiger partial charge in [-0.25, -0.2) is 4.98 Å². The second-order valence-electron chi connectivity index (χ2n) is 7.13. The molecule has 134 valence electrons. The fraction of sp³-hybridized carbons (Fsp3) is 0.400. The molecule has 0 amide bonds. The summed E-state index contributed by atoms with van der Waals surface area (Å²) in [5, 5.41) is 9.59. The predicted molar refractivity (Wildman–Crippen MR) is 100.0 cm³/mol. The van der Waals surface area contributed by atoms with E-state index in [1.54, 1.807) is 6.20 Å². The maximum absolute atomic E-state index is 9.59. The van der Waals surface area contributed by atoms with Crippen molar-refractivity contribution in [2.75, 3.05) is 31.1 Å². The molecule has 26 heavy (non-hydrogen) atoms. The predicted octanol–water partition coefficient (Wildman–Crippen LogP) is 2.67. The molecular formula is C20H22N4O2. The van der Waals surface area contributed by atoms with Crippen molar-refractivity contribution in [1.82, 2.24) is 14.9 Å². The van der Waals surface area contributed by atoms with Gasteiger partial charge in [-0.15, -0.1) is 0 Å². The first-order valence-electron chi connectivity index (χ1n) is 9.26. The zero-order valence-electron chi connectivity index (χ0n) is 14.6. The van der Waals surface area contributed by atoms with Crippen molar-refractivity contribution in [2.45, 2.75) is 25.5 Å². The van der Waals surface area contributed by atoms with E-state index < -0.39 is 0 Å². The van der Waals surface area contributed by atoms with E-state index in [-0.39, 0.29) is 6.61 Å². The number of anilines is 1. The Labute approximate surface area is 152 Å². The van der Waals surface area contributed by atoms with Crippen LogP contribution < -0.4 is 4.90 Å². The monoisotopic (exact) mass is 350 g/mol. The number of aromatic nitrogens is 2. The van der Waals surface area contributed by atoms with Crippen molar-refractivity contribution in [1.29, 1.82) is 0 Å². The summed E-state index contributed by atoms with van der Waals surface area (Å²) in [5.74, 6) is 0. The minimum absolute atomic E-state index is 0.00420. The van der Waals surface area contributed by atoms with Crippen LogP contribution in [-0.2, 0) is 6.61 Å². The quantitative estimate of drug-likeness (QED) is 0.783. The highest BCUT2D eigenvalue weighted by molar-refractivity contribution is 5.79. The molecule has 0 saturated carbocycles. The molecule has 6 nitrogen and oxygen atoms in total. The van der Waals surface area contributed by atoms with Gasteiger partial charge in [-0.05, 0) is 30.0 Å². The third-order valence-electron chi connectivity index (χ3n) is 5.64. The van der Waals surface area contributed by atoms with E-state index >= 15 is 0 Å². The number of aliphatic hydroxyl groups excluding tert-OH is 1. The topological polar surface area (TPSA) is 65.6 Å². The van der Waals surface area contributed by atoms with Gasteiger partial charge in [0.25, 0.3) is 6.01 Å². The molecule has 0 atom stereocenters. The van der Waals surface area contributed by atoms with Crippen LogP contribution in [0.4, 0.5) is 6.01 Å². The number of nitrogens with zero attached hydrogens (tertiary/aromatic N) is 4. The lowest BCUT2D eigenvalue weighted by atomic mass is 10.0. The average Bonchev–Trinajstić information content (AvgIpc) is 2.88. The summed E-state index contributed by atoms with van der Waals surface area (Å²) in [4.78, 5) is 14.1. The second kappa shape index (κ2) is 6.37. The number of pyridine rings is 1. The summed E-state index contributed by atoms with van der Waals surface area (Å²) in [7, 11) is 0. The number of oxazole rings is 1. The maximum Gasteiger partial charge on any atom is 0.300 e. The van der Waals surface area contributed by atoms with Crippen molar-refractivity contribution in [3.63, 3.8) is 0 Å². The summed E-state index contributed by atoms with van der Waals surface area (Å²) >= 11 is 0. The highest BCUT2D eigenvalue weighted by Gasteiger charge is 2.31. The van der Waals surface area contributed by atoms with Gasteiger partial charge in [-0.1, -0.05) is 24.3 Å². The number of benzene rings is 1. The van der Waals surface area contributed by atoms with Crippen LogP contribution in [-0.4, -0.2) is 52.2 Å². The molecule has 3 aromatic rings. The molecule has 3 aliphatic heterocycles. The number of rotatable bonds is 3. The number of hydrogen-bond acceptors (Lipinski definition) is 6. The van der Waals surface area contributed by atoms with E-state index in [2.05, 4.69) is 14.8 Å². The molecule has 6 rings (SSSR count). The Hall–Kier alpha value is -2.44. The van der Waals surface area contributed by atoms with E-state index in [9.17, 15) is 5.11 Å². The molecule has 0 spiro atoms. The lowest BCUT2D eigenvalue weighted by molar-refractivity contribution is 0.249. The van der Waals surface area contributed by atoms with Gasteiger partial charge in [-0.3, -0.25) is 0 Å². The molecule has 0 aliphatic carbocycles. The molecule has 1 N–H and O–H groups in total. The molecule has 0 radical (unpaired) electrons. The Morgan fingerprint density at radius 2 is 1.96 bits per heavy atom. The molecule has 6 heteroatoms. The van der Waals surface area contributed by atoms with Crippen LogP contribution in [0, 0.1) is 0 Å². The molecule has 5 heterocycles. The molecule has 1 aromatic carbocycles. The summed E-state index contributed by atoms with van der Waals surface area (Å²) in [6.45, 7) is 4.36. The Morgan fingerprint density at radius 3 is 2.81 bits per heavy atom. The van der Waals surface area contributed by atoms with Gasteiger partial charge in [0.05, 0.1) is 6.61 Å². The van der Waals surface area contributed by atoms with Gasteiger partial charge in [0.2, 0.25) is 5.71 Å². The normalized spacial score (nSPS) is 22.7. The van der Waals surface area contributed by atoms with Crippen molar-refractivity contribution in [3.8, 4) is 11.1 Å². The van der Waals surface area contributed by atoms with E-state index in [4.69, 9.17) is 9.40 Å². The zero-order chi connectivity index (χ0) is 17.5. The minimum Gasteiger partial charge on any atom is -0.404 e. The summed E-state index contributed by atoms with van der Waals surface area (Å²) < 4.78 is 6.00. The number of aliphatic hydroxyl groups is 1. The van der Waals surface area contributed by atoms with Crippen LogP contribution in [0.2, 0.25) is 0 Å². The zero-order valence-corrected chi connectivity index (χ0v) is 14.6. The standard InChI is InChI=1S/C20H22N4O2/c25-13-14-3-1-2-4-17(14)15-11-18-19(21-12-15)26-20(22-18)24-10-9-23-7-5-16(24)6-8-23/h1-4,11-12,16,25H,5-10,13H2. The van der Waals surface area contributed by atoms with Gasteiger partial charge in [0, 0.05) is 44.0 Å². The van der Waals surface area contributed by atoms with Crippen LogP contribution in [0.3, 0.4) is 0 Å². The van der Waals surface area contributed by atoms with Gasteiger partial charge in [0.15, 0.2) is 0 Å². The molecule has 2 aromatic heterocycles. The van der Waals surface area contributed by atoms with Gasteiger partial charge < -0.3 is 19.3 Å².